The van der Waals surface area contributed by atoms with Crippen LogP contribution in [0.3, 0.4) is 0 Å². The highest BCUT2D eigenvalue weighted by atomic mass is 16.6. The number of aldehydes is 1. The van der Waals surface area contributed by atoms with Gasteiger partial charge in [0.1, 0.15) is 12.9 Å². The number of ether oxygens (including phenoxy) is 1. The van der Waals surface area contributed by atoms with Gasteiger partial charge < -0.3 is 9.53 Å². The Bertz CT molecular complexity index is 582. The topological polar surface area (TPSA) is 63.7 Å². The van der Waals surface area contributed by atoms with Crippen LogP contribution in [-0.4, -0.2) is 35.8 Å². The lowest BCUT2D eigenvalue weighted by Crippen LogP contribution is -2.39. The first-order valence-electron chi connectivity index (χ1n) is 7.76. The summed E-state index contributed by atoms with van der Waals surface area (Å²) in [4.78, 5) is 35.7. The highest BCUT2D eigenvalue weighted by molar-refractivity contribution is 5.99. The molecule has 5 nitrogen and oxygen atoms in total. The number of hydrogen-bond donors (Lipinski definition) is 0. The largest absolute Gasteiger partial charge is 0.447 e. The number of carbonyl (C=O) groups is 3. The summed E-state index contributed by atoms with van der Waals surface area (Å²) in [6.45, 7) is 2.15. The van der Waals surface area contributed by atoms with Gasteiger partial charge in [-0.15, -0.1) is 0 Å². The third-order valence-electron chi connectivity index (χ3n) is 3.81. The molecule has 1 aliphatic rings. The summed E-state index contributed by atoms with van der Waals surface area (Å²) in [6.07, 6.45) is 5.04. The van der Waals surface area contributed by atoms with E-state index < -0.39 is 6.09 Å². The van der Waals surface area contributed by atoms with Crippen LogP contribution in [0.25, 0.3) is 0 Å². The lowest BCUT2D eigenvalue weighted by molar-refractivity contribution is -0.124. The quantitative estimate of drug-likeness (QED) is 0.573. The summed E-state index contributed by atoms with van der Waals surface area (Å²) in [5, 5.41) is 0. The number of rotatable bonds is 7. The minimum Gasteiger partial charge on any atom is -0.447 e. The molecule has 122 valence electrons. The zero-order valence-electron chi connectivity index (χ0n) is 13.2. The molecule has 0 aliphatic carbocycles. The first-order valence-corrected chi connectivity index (χ1v) is 7.76. The van der Waals surface area contributed by atoms with E-state index in [4.69, 9.17) is 4.74 Å². The molecule has 0 saturated carbocycles. The smallest absolute Gasteiger partial charge is 0.417 e. The number of allylic oxidation sites excluding steroid dienone is 1. The molecular weight excluding hydrogens is 294 g/mol. The van der Waals surface area contributed by atoms with Crippen molar-refractivity contribution in [3.8, 4) is 0 Å². The highest BCUT2D eigenvalue weighted by Gasteiger charge is 2.36. The van der Waals surface area contributed by atoms with Crippen LogP contribution in [0.2, 0.25) is 0 Å². The van der Waals surface area contributed by atoms with Gasteiger partial charge in [0.05, 0.1) is 6.04 Å². The van der Waals surface area contributed by atoms with Crippen LogP contribution in [0.5, 0.6) is 0 Å². The van der Waals surface area contributed by atoms with Crippen molar-refractivity contribution in [2.75, 3.05) is 6.61 Å². The Morgan fingerprint density at radius 2 is 2.09 bits per heavy atom. The minimum atomic E-state index is -0.596. The maximum atomic E-state index is 12.3. The number of carbonyl (C=O) groups excluding carboxylic acids is 3. The van der Waals surface area contributed by atoms with Crippen molar-refractivity contribution in [3.05, 3.63) is 48.0 Å². The van der Waals surface area contributed by atoms with Gasteiger partial charge in [-0.25, -0.2) is 9.69 Å². The predicted octanol–water partition coefficient (Wildman–Crippen LogP) is 2.75. The normalized spacial score (nSPS) is 18.9. The molecule has 2 amide bonds. The van der Waals surface area contributed by atoms with E-state index in [1.807, 2.05) is 37.3 Å². The van der Waals surface area contributed by atoms with E-state index in [1.54, 1.807) is 6.08 Å². The number of benzene rings is 1. The number of imide groups is 1. The third-order valence-corrected chi connectivity index (χ3v) is 3.81. The monoisotopic (exact) mass is 315 g/mol. The van der Waals surface area contributed by atoms with Crippen molar-refractivity contribution in [3.63, 3.8) is 0 Å². The molecule has 2 atom stereocenters. The van der Waals surface area contributed by atoms with Crippen molar-refractivity contribution in [1.82, 2.24) is 4.90 Å². The molecule has 0 aromatic heterocycles. The third kappa shape index (κ3) is 4.77. The molecule has 2 rings (SSSR count). The van der Waals surface area contributed by atoms with E-state index in [0.717, 1.165) is 11.8 Å². The Labute approximate surface area is 135 Å². The van der Waals surface area contributed by atoms with E-state index in [0.29, 0.717) is 19.3 Å². The number of cyclic esters (lactones) is 1. The van der Waals surface area contributed by atoms with Crippen molar-refractivity contribution >= 4 is 18.3 Å². The first kappa shape index (κ1) is 16.9. The lowest BCUT2D eigenvalue weighted by atomic mass is 10.0. The second kappa shape index (κ2) is 8.27. The summed E-state index contributed by atoms with van der Waals surface area (Å²) in [5.41, 5.74) is 1.05. The summed E-state index contributed by atoms with van der Waals surface area (Å²) in [7, 11) is 0. The molecular formula is C18H21NO4. The van der Waals surface area contributed by atoms with Gasteiger partial charge in [-0.1, -0.05) is 43.3 Å². The van der Waals surface area contributed by atoms with Gasteiger partial charge in [-0.05, 0) is 30.4 Å². The molecule has 0 unspecified atom stereocenters. The standard InChI is InChI=1S/C18H21NO4/c1-14(10-11-20)6-5-9-17(21)19-16(13-23-18(19)22)12-15-7-3-2-4-8-15/h2-5,7-9,11,14,16H,6,10,12-13H2,1H3/b9-5+/t14-,16-/m0/s1. The van der Waals surface area contributed by atoms with Crippen LogP contribution in [0.4, 0.5) is 4.79 Å². The molecule has 0 spiro atoms. The van der Waals surface area contributed by atoms with Crippen LogP contribution in [-0.2, 0) is 20.7 Å². The SMILES string of the molecule is C[C@H](CC=O)C/C=C/C(=O)N1C(=O)OC[C@@H]1Cc1ccccc1. The van der Waals surface area contributed by atoms with Crippen molar-refractivity contribution < 1.29 is 19.1 Å². The fourth-order valence-corrected chi connectivity index (χ4v) is 2.51. The Hall–Kier alpha value is -2.43. The average molecular weight is 315 g/mol. The molecule has 1 aromatic rings. The molecule has 1 saturated heterocycles. The molecule has 1 fully saturated rings. The zero-order chi connectivity index (χ0) is 16.7. The maximum absolute atomic E-state index is 12.3. The Balaban J connectivity index is 1.97. The molecule has 5 heteroatoms. The molecule has 0 N–H and O–H groups in total. The van der Waals surface area contributed by atoms with Crippen LogP contribution in [0.15, 0.2) is 42.5 Å². The predicted molar refractivity (Wildman–Crippen MR) is 85.7 cm³/mol. The fraction of sp³-hybridized carbons (Fsp3) is 0.389. The van der Waals surface area contributed by atoms with Crippen molar-refractivity contribution in [2.45, 2.75) is 32.2 Å². The molecule has 23 heavy (non-hydrogen) atoms. The Morgan fingerprint density at radius 1 is 1.35 bits per heavy atom. The Kier molecular flexibility index (Phi) is 6.09. The van der Waals surface area contributed by atoms with Crippen molar-refractivity contribution in [1.29, 1.82) is 0 Å². The molecule has 0 radical (unpaired) electrons. The number of nitrogens with zero attached hydrogens (tertiary/aromatic N) is 1. The van der Waals surface area contributed by atoms with Crippen LogP contribution in [0, 0.1) is 5.92 Å². The fourth-order valence-electron chi connectivity index (χ4n) is 2.51. The number of amides is 2. The van der Waals surface area contributed by atoms with Gasteiger partial charge in [-0.3, -0.25) is 4.79 Å². The average Bonchev–Trinajstić information content (AvgIpc) is 2.89. The van der Waals surface area contributed by atoms with Crippen LogP contribution in [0.1, 0.15) is 25.3 Å². The van der Waals surface area contributed by atoms with E-state index in [1.165, 1.54) is 11.0 Å². The number of hydrogen-bond acceptors (Lipinski definition) is 4. The summed E-state index contributed by atoms with van der Waals surface area (Å²) < 4.78 is 5.02. The Morgan fingerprint density at radius 3 is 2.78 bits per heavy atom. The van der Waals surface area contributed by atoms with E-state index in [9.17, 15) is 14.4 Å². The second-order valence-electron chi connectivity index (χ2n) is 5.77. The minimum absolute atomic E-state index is 0.183. The van der Waals surface area contributed by atoms with Gasteiger partial charge in [0.25, 0.3) is 5.91 Å². The molecule has 1 heterocycles. The molecule has 1 aliphatic heterocycles. The summed E-state index contributed by atoms with van der Waals surface area (Å²) in [6, 6.07) is 9.41. The molecule has 1 aromatic carbocycles. The van der Waals surface area contributed by atoms with E-state index in [-0.39, 0.29) is 24.5 Å². The second-order valence-corrected chi connectivity index (χ2v) is 5.77. The summed E-state index contributed by atoms with van der Waals surface area (Å²) in [5.74, 6) is -0.186. The van der Waals surface area contributed by atoms with Gasteiger partial charge in [0, 0.05) is 6.42 Å². The van der Waals surface area contributed by atoms with Gasteiger partial charge in [-0.2, -0.15) is 0 Å². The zero-order valence-corrected chi connectivity index (χ0v) is 13.2. The maximum Gasteiger partial charge on any atom is 0.417 e. The first-order chi connectivity index (χ1) is 11.1. The van der Waals surface area contributed by atoms with E-state index in [2.05, 4.69) is 0 Å². The molecule has 0 bridgehead atoms. The van der Waals surface area contributed by atoms with Gasteiger partial charge in [0.2, 0.25) is 0 Å². The van der Waals surface area contributed by atoms with Gasteiger partial charge in [0.15, 0.2) is 0 Å². The van der Waals surface area contributed by atoms with Crippen molar-refractivity contribution in [2.24, 2.45) is 5.92 Å². The van der Waals surface area contributed by atoms with Gasteiger partial charge >= 0.3 is 6.09 Å². The highest BCUT2D eigenvalue weighted by Crippen LogP contribution is 2.18. The lowest BCUT2D eigenvalue weighted by Gasteiger charge is -2.18. The summed E-state index contributed by atoms with van der Waals surface area (Å²) >= 11 is 0. The van der Waals surface area contributed by atoms with Crippen LogP contribution < -0.4 is 0 Å². The van der Waals surface area contributed by atoms with E-state index >= 15 is 0 Å². The van der Waals surface area contributed by atoms with Crippen LogP contribution >= 0.6 is 0 Å².